The number of nitrogens with one attached hydrogen (secondary N) is 1. The molecule has 4 rings (SSSR count). The van der Waals surface area contributed by atoms with Crippen LogP contribution < -0.4 is 10.2 Å². The summed E-state index contributed by atoms with van der Waals surface area (Å²) >= 11 is -1.96. The number of amides is 3. The van der Waals surface area contributed by atoms with E-state index in [2.05, 4.69) is 5.32 Å². The molecular weight excluding hydrogens is 529 g/mol. The Morgan fingerprint density at radius 1 is 0.974 bits per heavy atom. The van der Waals surface area contributed by atoms with E-state index in [1.54, 1.807) is 24.3 Å². The van der Waals surface area contributed by atoms with Gasteiger partial charge in [-0.2, -0.15) is 13.2 Å². The molecule has 0 bridgehead atoms. The number of para-hydroxylation sites is 1. The van der Waals surface area contributed by atoms with E-state index in [1.165, 1.54) is 24.8 Å². The van der Waals surface area contributed by atoms with Gasteiger partial charge in [-0.25, -0.2) is 18.5 Å². The normalized spacial score (nSPS) is 16.2. The van der Waals surface area contributed by atoms with E-state index >= 15 is 0 Å². The van der Waals surface area contributed by atoms with Gasteiger partial charge in [0.25, 0.3) is 5.91 Å². The summed E-state index contributed by atoms with van der Waals surface area (Å²) in [6.07, 6.45) is -3.76. The molecule has 1 N–H and O–H groups in total. The summed E-state index contributed by atoms with van der Waals surface area (Å²) in [4.78, 5) is 28.1. The highest BCUT2D eigenvalue weighted by Gasteiger charge is 2.52. The van der Waals surface area contributed by atoms with Gasteiger partial charge in [-0.1, -0.05) is 18.2 Å². The van der Waals surface area contributed by atoms with Gasteiger partial charge < -0.3 is 14.8 Å². The number of carbonyl (C=O) groups excluding carboxylic acids is 2. The largest absolute Gasteiger partial charge is 0.612 e. The Hall–Kier alpha value is -3.64. The third kappa shape index (κ3) is 5.05. The molecule has 1 aliphatic heterocycles. The lowest BCUT2D eigenvalue weighted by Gasteiger charge is -2.28. The molecule has 3 amide bonds. The molecule has 1 atom stereocenters. The summed E-state index contributed by atoms with van der Waals surface area (Å²) in [5.74, 6) is -2.34. The molecule has 1 fully saturated rings. The van der Waals surface area contributed by atoms with Crippen LogP contribution in [0.25, 0.3) is 0 Å². The van der Waals surface area contributed by atoms with E-state index in [9.17, 15) is 36.1 Å². The van der Waals surface area contributed by atoms with Crippen LogP contribution in [0, 0.1) is 11.6 Å². The van der Waals surface area contributed by atoms with Gasteiger partial charge in [0.15, 0.2) is 4.90 Å². The number of urea groups is 1. The van der Waals surface area contributed by atoms with Crippen LogP contribution in [-0.2, 0) is 28.7 Å². The predicted molar refractivity (Wildman–Crippen MR) is 132 cm³/mol. The van der Waals surface area contributed by atoms with E-state index in [-0.39, 0.29) is 17.9 Å². The van der Waals surface area contributed by atoms with Crippen LogP contribution in [-0.4, -0.2) is 33.2 Å². The Bertz CT molecular complexity index is 1410. The number of imide groups is 1. The molecule has 0 saturated carbocycles. The van der Waals surface area contributed by atoms with Gasteiger partial charge in [0, 0.05) is 11.8 Å². The molecular formula is C26H22F5N3O3S. The first-order chi connectivity index (χ1) is 17.7. The summed E-state index contributed by atoms with van der Waals surface area (Å²) in [6, 6.07) is 11.5. The Balaban J connectivity index is 1.69. The number of benzene rings is 3. The van der Waals surface area contributed by atoms with Crippen molar-refractivity contribution < 1.29 is 36.1 Å². The first-order valence-electron chi connectivity index (χ1n) is 11.2. The summed E-state index contributed by atoms with van der Waals surface area (Å²) in [5.41, 5.74) is -2.13. The van der Waals surface area contributed by atoms with Crippen LogP contribution in [0.5, 0.6) is 0 Å². The zero-order valence-electron chi connectivity index (χ0n) is 20.4. The number of carbonyl (C=O) groups is 2. The molecule has 12 heteroatoms. The van der Waals surface area contributed by atoms with Gasteiger partial charge in [-0.3, -0.25) is 4.79 Å². The van der Waals surface area contributed by atoms with Gasteiger partial charge in [0.2, 0.25) is 0 Å². The predicted octanol–water partition coefficient (Wildman–Crippen LogP) is 6.21. The van der Waals surface area contributed by atoms with Gasteiger partial charge in [0.05, 0.1) is 17.9 Å². The summed E-state index contributed by atoms with van der Waals surface area (Å²) in [6.45, 7) is 2.77. The second-order valence-corrected chi connectivity index (χ2v) is 10.5. The highest BCUT2D eigenvalue weighted by atomic mass is 32.2. The van der Waals surface area contributed by atoms with Crippen molar-refractivity contribution in [1.29, 1.82) is 0 Å². The van der Waals surface area contributed by atoms with Gasteiger partial charge in [-0.15, -0.1) is 0 Å². The Labute approximate surface area is 218 Å². The Kier molecular flexibility index (Phi) is 7.15. The Morgan fingerprint density at radius 2 is 1.66 bits per heavy atom. The highest BCUT2D eigenvalue weighted by Crippen LogP contribution is 2.40. The fraction of sp³-hybridized carbons (Fsp3) is 0.231. The second-order valence-electron chi connectivity index (χ2n) is 9.11. The molecule has 1 unspecified atom stereocenters. The Morgan fingerprint density at radius 3 is 2.29 bits per heavy atom. The SMILES string of the molecule is C[S+]([O-])c1ccc(N2C(=O)N(Cc3ccccc3Nc3ccc(F)cc3F)C(C)(C)C2=O)cc1C(F)(F)F. The third-order valence-electron chi connectivity index (χ3n) is 6.21. The molecule has 6 nitrogen and oxygen atoms in total. The van der Waals surface area contributed by atoms with E-state index in [0.717, 1.165) is 24.5 Å². The quantitative estimate of drug-likeness (QED) is 0.225. The maximum Gasteiger partial charge on any atom is 0.421 e. The van der Waals surface area contributed by atoms with Crippen molar-refractivity contribution in [2.24, 2.45) is 0 Å². The number of hydrogen-bond donors (Lipinski definition) is 1. The maximum absolute atomic E-state index is 14.2. The van der Waals surface area contributed by atoms with Crippen molar-refractivity contribution in [3.63, 3.8) is 0 Å². The average molecular weight is 552 g/mol. The fourth-order valence-corrected chi connectivity index (χ4v) is 4.89. The van der Waals surface area contributed by atoms with Crippen molar-refractivity contribution >= 4 is 40.2 Å². The molecule has 3 aromatic carbocycles. The smallest absolute Gasteiger partial charge is 0.421 e. The minimum absolute atomic E-state index is 0.0170. The van der Waals surface area contributed by atoms with E-state index < -0.39 is 56.9 Å². The van der Waals surface area contributed by atoms with Crippen LogP contribution in [0.3, 0.4) is 0 Å². The molecule has 0 radical (unpaired) electrons. The molecule has 1 aliphatic rings. The molecule has 1 saturated heterocycles. The topological polar surface area (TPSA) is 75.7 Å². The van der Waals surface area contributed by atoms with Crippen molar-refractivity contribution in [2.75, 3.05) is 16.5 Å². The number of nitrogens with zero attached hydrogens (tertiary/aromatic N) is 2. The summed E-state index contributed by atoms with van der Waals surface area (Å²) < 4.78 is 80.4. The third-order valence-corrected chi connectivity index (χ3v) is 7.18. The van der Waals surface area contributed by atoms with Crippen LogP contribution in [0.4, 0.5) is 43.8 Å². The number of halogens is 5. The highest BCUT2D eigenvalue weighted by molar-refractivity contribution is 7.90. The minimum Gasteiger partial charge on any atom is -0.612 e. The first-order valence-corrected chi connectivity index (χ1v) is 12.8. The van der Waals surface area contributed by atoms with Gasteiger partial charge in [0.1, 0.15) is 29.0 Å². The first kappa shape index (κ1) is 27.4. The zero-order valence-corrected chi connectivity index (χ0v) is 21.2. The monoisotopic (exact) mass is 551 g/mol. The standard InChI is InChI=1S/C26H22F5N3O3S/c1-25(2)23(35)34(17-9-11-22(38(3)37)18(13-17)26(29,30)31)24(36)33(25)14-15-6-4-5-7-20(15)32-21-10-8-16(27)12-19(21)28/h4-13,32H,14H2,1-3H3. The molecule has 3 aromatic rings. The number of rotatable bonds is 6. The van der Waals surface area contributed by atoms with Crippen molar-refractivity contribution in [2.45, 2.75) is 37.0 Å². The lowest BCUT2D eigenvalue weighted by molar-refractivity contribution is -0.139. The number of anilines is 3. The molecule has 1 heterocycles. The zero-order chi connectivity index (χ0) is 28.0. The van der Waals surface area contributed by atoms with Crippen LogP contribution in [0.2, 0.25) is 0 Å². The van der Waals surface area contributed by atoms with E-state index in [4.69, 9.17) is 0 Å². The van der Waals surface area contributed by atoms with Crippen LogP contribution in [0.1, 0.15) is 25.0 Å². The van der Waals surface area contributed by atoms with Crippen molar-refractivity contribution in [3.05, 3.63) is 83.4 Å². The average Bonchev–Trinajstić information content (AvgIpc) is 3.00. The molecule has 0 aromatic heterocycles. The number of alkyl halides is 3. The van der Waals surface area contributed by atoms with E-state index in [1.807, 2.05) is 0 Å². The second kappa shape index (κ2) is 9.91. The lowest BCUT2D eigenvalue weighted by Crippen LogP contribution is -2.43. The molecule has 200 valence electrons. The molecule has 0 aliphatic carbocycles. The van der Waals surface area contributed by atoms with E-state index in [0.29, 0.717) is 28.3 Å². The van der Waals surface area contributed by atoms with Crippen molar-refractivity contribution in [1.82, 2.24) is 4.90 Å². The fourth-order valence-electron chi connectivity index (χ4n) is 4.14. The number of hydrogen-bond acceptors (Lipinski definition) is 4. The summed E-state index contributed by atoms with van der Waals surface area (Å²) in [5, 5.41) is 2.85. The van der Waals surface area contributed by atoms with Crippen LogP contribution in [0.15, 0.2) is 65.6 Å². The van der Waals surface area contributed by atoms with Crippen molar-refractivity contribution in [3.8, 4) is 0 Å². The molecule has 38 heavy (non-hydrogen) atoms. The van der Waals surface area contributed by atoms with Gasteiger partial charge >= 0.3 is 12.2 Å². The summed E-state index contributed by atoms with van der Waals surface area (Å²) in [7, 11) is 0. The van der Waals surface area contributed by atoms with Gasteiger partial charge in [-0.05, 0) is 67.0 Å². The maximum atomic E-state index is 14.2. The lowest BCUT2D eigenvalue weighted by atomic mass is 10.0. The molecule has 0 spiro atoms. The minimum atomic E-state index is -4.86. The van der Waals surface area contributed by atoms with Crippen LogP contribution >= 0.6 is 0 Å².